The van der Waals surface area contributed by atoms with Crippen LogP contribution in [0.4, 0.5) is 0 Å². The van der Waals surface area contributed by atoms with Crippen LogP contribution in [-0.4, -0.2) is 27.4 Å². The number of ether oxygens (including phenoxy) is 1. The van der Waals surface area contributed by atoms with Gasteiger partial charge in [-0.15, -0.1) is 0 Å². The van der Waals surface area contributed by atoms with E-state index in [4.69, 9.17) is 9.72 Å². The predicted octanol–water partition coefficient (Wildman–Crippen LogP) is 4.91. The molecule has 1 heterocycles. The van der Waals surface area contributed by atoms with Crippen LogP contribution in [0, 0.1) is 0 Å². The first-order valence-electron chi connectivity index (χ1n) is 10.1. The predicted molar refractivity (Wildman–Crippen MR) is 118 cm³/mol. The van der Waals surface area contributed by atoms with Gasteiger partial charge >= 0.3 is 0 Å². The van der Waals surface area contributed by atoms with Crippen molar-refractivity contribution >= 4 is 16.9 Å². The lowest BCUT2D eigenvalue weighted by Gasteiger charge is -2.18. The minimum absolute atomic E-state index is 0.0276. The molecule has 30 heavy (non-hydrogen) atoms. The van der Waals surface area contributed by atoms with Crippen LogP contribution in [0.1, 0.15) is 28.7 Å². The Labute approximate surface area is 176 Å². The molecule has 5 nitrogen and oxygen atoms in total. The van der Waals surface area contributed by atoms with E-state index in [0.29, 0.717) is 18.7 Å². The van der Waals surface area contributed by atoms with Crippen molar-refractivity contribution in [2.45, 2.75) is 26.6 Å². The van der Waals surface area contributed by atoms with Gasteiger partial charge in [-0.1, -0.05) is 42.5 Å². The lowest BCUT2D eigenvalue weighted by atomic mass is 10.1. The first-order valence-corrected chi connectivity index (χ1v) is 10.1. The van der Waals surface area contributed by atoms with E-state index in [1.165, 1.54) is 0 Å². The lowest BCUT2D eigenvalue weighted by Crippen LogP contribution is -2.27. The van der Waals surface area contributed by atoms with Gasteiger partial charge in [-0.2, -0.15) is 0 Å². The van der Waals surface area contributed by atoms with Crippen molar-refractivity contribution in [3.8, 4) is 5.75 Å². The Balaban J connectivity index is 1.43. The number of rotatable bonds is 7. The summed E-state index contributed by atoms with van der Waals surface area (Å²) in [6.45, 7) is 3.83. The molecular formula is C25H25N3O2. The number of fused-ring (bicyclic) bond motifs is 1. The van der Waals surface area contributed by atoms with Crippen LogP contribution in [0.5, 0.6) is 5.75 Å². The van der Waals surface area contributed by atoms with Crippen LogP contribution in [0.2, 0.25) is 0 Å². The van der Waals surface area contributed by atoms with Crippen LogP contribution < -0.4 is 4.74 Å². The minimum atomic E-state index is -0.0276. The summed E-state index contributed by atoms with van der Waals surface area (Å²) in [5.74, 6) is 1.69. The Morgan fingerprint density at radius 2 is 1.67 bits per heavy atom. The molecule has 0 aliphatic heterocycles. The van der Waals surface area contributed by atoms with Gasteiger partial charge in [0.05, 0.1) is 17.6 Å². The number of carbonyl (C=O) groups is 1. The zero-order valence-electron chi connectivity index (χ0n) is 17.3. The highest BCUT2D eigenvalue weighted by molar-refractivity contribution is 5.94. The molecule has 0 bridgehead atoms. The zero-order chi connectivity index (χ0) is 20.9. The average molecular weight is 399 g/mol. The highest BCUT2D eigenvalue weighted by atomic mass is 16.5. The zero-order valence-corrected chi connectivity index (χ0v) is 17.3. The molecule has 0 N–H and O–H groups in total. The maximum atomic E-state index is 12.9. The third kappa shape index (κ3) is 4.20. The van der Waals surface area contributed by atoms with Crippen LogP contribution in [0.25, 0.3) is 11.0 Å². The Bertz CT molecular complexity index is 1130. The lowest BCUT2D eigenvalue weighted by molar-refractivity contribution is 0.0780. The van der Waals surface area contributed by atoms with Crippen LogP contribution in [0.15, 0.2) is 78.9 Å². The van der Waals surface area contributed by atoms with E-state index in [1.807, 2.05) is 79.8 Å². The number of nitrogens with zero attached hydrogens (tertiary/aromatic N) is 3. The third-order valence-corrected chi connectivity index (χ3v) is 5.12. The standard InChI is InChI=1S/C25H25N3O2/c1-3-28-23-12-8-7-11-22(23)26-24(28)17-27(2)25(29)20-15-13-19(14-16-20)18-30-21-9-5-4-6-10-21/h4-16H,3,17-18H2,1-2H3. The summed E-state index contributed by atoms with van der Waals surface area (Å²) in [5, 5.41) is 0. The number of para-hydroxylation sites is 3. The van der Waals surface area contributed by atoms with Gasteiger partial charge in [0.25, 0.3) is 5.91 Å². The van der Waals surface area contributed by atoms with E-state index in [0.717, 1.165) is 34.7 Å². The van der Waals surface area contributed by atoms with Gasteiger partial charge in [-0.05, 0) is 48.9 Å². The molecule has 0 saturated carbocycles. The summed E-state index contributed by atoms with van der Waals surface area (Å²) in [5.41, 5.74) is 3.72. The molecule has 0 aliphatic rings. The van der Waals surface area contributed by atoms with Crippen molar-refractivity contribution in [3.05, 3.63) is 95.8 Å². The largest absolute Gasteiger partial charge is 0.489 e. The molecule has 4 rings (SSSR count). The summed E-state index contributed by atoms with van der Waals surface area (Å²) in [6.07, 6.45) is 0. The molecule has 0 saturated heterocycles. The monoisotopic (exact) mass is 399 g/mol. The second kappa shape index (κ2) is 8.82. The van der Waals surface area contributed by atoms with E-state index in [9.17, 15) is 4.79 Å². The summed E-state index contributed by atoms with van der Waals surface area (Å²) in [7, 11) is 1.81. The van der Waals surface area contributed by atoms with E-state index in [-0.39, 0.29) is 5.91 Å². The number of aromatic nitrogens is 2. The number of benzene rings is 3. The van der Waals surface area contributed by atoms with Crippen molar-refractivity contribution in [2.24, 2.45) is 0 Å². The van der Waals surface area contributed by atoms with Gasteiger partial charge in [0, 0.05) is 19.2 Å². The molecule has 0 fully saturated rings. The summed E-state index contributed by atoms with van der Waals surface area (Å²) in [4.78, 5) is 19.3. The van der Waals surface area contributed by atoms with Crippen molar-refractivity contribution in [3.63, 3.8) is 0 Å². The van der Waals surface area contributed by atoms with Gasteiger partial charge in [-0.3, -0.25) is 4.79 Å². The average Bonchev–Trinajstić information content (AvgIpc) is 3.15. The van der Waals surface area contributed by atoms with Gasteiger partial charge in [0.2, 0.25) is 0 Å². The van der Waals surface area contributed by atoms with Crippen LogP contribution in [-0.2, 0) is 19.7 Å². The highest BCUT2D eigenvalue weighted by Gasteiger charge is 2.16. The van der Waals surface area contributed by atoms with E-state index in [2.05, 4.69) is 17.6 Å². The Morgan fingerprint density at radius 1 is 0.967 bits per heavy atom. The molecule has 1 aromatic heterocycles. The second-order valence-corrected chi connectivity index (χ2v) is 7.22. The second-order valence-electron chi connectivity index (χ2n) is 7.22. The fourth-order valence-corrected chi connectivity index (χ4v) is 3.53. The van der Waals surface area contributed by atoms with Gasteiger partial charge in [0.1, 0.15) is 18.2 Å². The Kier molecular flexibility index (Phi) is 5.80. The number of imidazole rings is 1. The van der Waals surface area contributed by atoms with Gasteiger partial charge in [0.15, 0.2) is 0 Å². The summed E-state index contributed by atoms with van der Waals surface area (Å²) >= 11 is 0. The number of amides is 1. The molecule has 1 amide bonds. The smallest absolute Gasteiger partial charge is 0.254 e. The van der Waals surface area contributed by atoms with E-state index >= 15 is 0 Å². The number of aryl methyl sites for hydroxylation is 1. The topological polar surface area (TPSA) is 47.4 Å². The molecule has 4 aromatic rings. The normalized spacial score (nSPS) is 10.9. The molecule has 0 atom stereocenters. The van der Waals surface area contributed by atoms with E-state index < -0.39 is 0 Å². The van der Waals surface area contributed by atoms with E-state index in [1.54, 1.807) is 4.90 Å². The summed E-state index contributed by atoms with van der Waals surface area (Å²) < 4.78 is 7.92. The fraction of sp³-hybridized carbons (Fsp3) is 0.200. The maximum absolute atomic E-state index is 12.9. The Hall–Kier alpha value is -3.60. The Morgan fingerprint density at radius 3 is 2.40 bits per heavy atom. The molecule has 0 spiro atoms. The van der Waals surface area contributed by atoms with Crippen LogP contribution in [0.3, 0.4) is 0 Å². The van der Waals surface area contributed by atoms with Crippen molar-refractivity contribution in [1.29, 1.82) is 0 Å². The first kappa shape index (κ1) is 19.7. The van der Waals surface area contributed by atoms with Crippen molar-refractivity contribution < 1.29 is 9.53 Å². The SMILES string of the molecule is CCn1c(CN(C)C(=O)c2ccc(COc3ccccc3)cc2)nc2ccccc21. The maximum Gasteiger partial charge on any atom is 0.254 e. The minimum Gasteiger partial charge on any atom is -0.489 e. The number of carbonyl (C=O) groups excluding carboxylic acids is 1. The fourth-order valence-electron chi connectivity index (χ4n) is 3.53. The van der Waals surface area contributed by atoms with Crippen molar-refractivity contribution in [1.82, 2.24) is 14.5 Å². The molecule has 0 aliphatic carbocycles. The van der Waals surface area contributed by atoms with Gasteiger partial charge in [-0.25, -0.2) is 4.98 Å². The first-order chi connectivity index (χ1) is 14.7. The molecule has 152 valence electrons. The molecule has 5 heteroatoms. The van der Waals surface area contributed by atoms with Crippen molar-refractivity contribution in [2.75, 3.05) is 7.05 Å². The highest BCUT2D eigenvalue weighted by Crippen LogP contribution is 2.18. The molecule has 3 aromatic carbocycles. The van der Waals surface area contributed by atoms with Gasteiger partial charge < -0.3 is 14.2 Å². The molecule has 0 radical (unpaired) electrons. The molecule has 0 unspecified atom stereocenters. The quantitative estimate of drug-likeness (QED) is 0.444. The number of hydrogen-bond acceptors (Lipinski definition) is 3. The molecular weight excluding hydrogens is 374 g/mol. The third-order valence-electron chi connectivity index (χ3n) is 5.12. The number of hydrogen-bond donors (Lipinski definition) is 0. The summed E-state index contributed by atoms with van der Waals surface area (Å²) in [6, 6.07) is 25.3. The van der Waals surface area contributed by atoms with Crippen LogP contribution >= 0.6 is 0 Å².